The molecule has 0 saturated carbocycles. The maximum Gasteiger partial charge on any atom is 0.00313 e. The van der Waals surface area contributed by atoms with Crippen LogP contribution in [-0.2, 0) is 0 Å². The maximum absolute atomic E-state index is 3.54. The van der Waals surface area contributed by atoms with Crippen molar-refractivity contribution in [1.29, 1.82) is 0 Å². The van der Waals surface area contributed by atoms with Crippen LogP contribution in [0.15, 0.2) is 0 Å². The van der Waals surface area contributed by atoms with Crippen molar-refractivity contribution in [2.45, 2.75) is 194 Å². The lowest BCUT2D eigenvalue weighted by atomic mass is 9.70. The molecule has 1 heteroatoms. The quantitative estimate of drug-likeness (QED) is 0.0698. The lowest BCUT2D eigenvalue weighted by Crippen LogP contribution is -2.21. The normalized spacial score (nSPS) is 12.0. The van der Waals surface area contributed by atoms with Gasteiger partial charge in [-0.3, -0.25) is 0 Å². The molecule has 0 heterocycles. The summed E-state index contributed by atoms with van der Waals surface area (Å²) in [6.07, 6.45) is 39.5. The summed E-state index contributed by atoms with van der Waals surface area (Å²) in [6.45, 7) is 7.06. The molecule has 0 aromatic rings. The fraction of sp³-hybridized carbons (Fsp3) is 1.00. The van der Waals surface area contributed by atoms with E-state index in [9.17, 15) is 0 Å². The highest BCUT2D eigenvalue weighted by Crippen LogP contribution is 2.42. The van der Waals surface area contributed by atoms with Crippen molar-refractivity contribution in [2.75, 3.05) is 5.33 Å². The smallest absolute Gasteiger partial charge is 0.00313 e. The van der Waals surface area contributed by atoms with Crippen molar-refractivity contribution < 1.29 is 0 Å². The predicted molar refractivity (Wildman–Crippen MR) is 158 cm³/mol. The van der Waals surface area contributed by atoms with Crippen LogP contribution >= 0.6 is 15.9 Å². The Morgan fingerprint density at radius 2 is 0.576 bits per heavy atom. The van der Waals surface area contributed by atoms with Crippen molar-refractivity contribution in [1.82, 2.24) is 0 Å². The first-order valence-corrected chi connectivity index (χ1v) is 16.9. The van der Waals surface area contributed by atoms with E-state index < -0.39 is 0 Å². The van der Waals surface area contributed by atoms with Crippen LogP contribution in [0.2, 0.25) is 0 Å². The van der Waals surface area contributed by atoms with Gasteiger partial charge in [0.25, 0.3) is 0 Å². The van der Waals surface area contributed by atoms with Crippen LogP contribution in [0.25, 0.3) is 0 Å². The van der Waals surface area contributed by atoms with Gasteiger partial charge >= 0.3 is 0 Å². The largest absolute Gasteiger partial charge is 0.0928 e. The molecule has 33 heavy (non-hydrogen) atoms. The van der Waals surface area contributed by atoms with Crippen LogP contribution in [0.3, 0.4) is 0 Å². The van der Waals surface area contributed by atoms with Crippen LogP contribution in [0.5, 0.6) is 0 Å². The molecular weight excluding hydrogens is 464 g/mol. The van der Waals surface area contributed by atoms with E-state index >= 15 is 0 Å². The summed E-state index contributed by atoms with van der Waals surface area (Å²) in [4.78, 5) is 0. The van der Waals surface area contributed by atoms with Gasteiger partial charge in [-0.2, -0.15) is 0 Å². The molecule has 0 atom stereocenters. The number of hydrogen-bond acceptors (Lipinski definition) is 0. The first kappa shape index (κ1) is 33.5. The number of unbranched alkanes of at least 4 members (excludes halogenated alkanes) is 19. The Balaban J connectivity index is 4.34. The van der Waals surface area contributed by atoms with Gasteiger partial charge in [0.15, 0.2) is 0 Å². The van der Waals surface area contributed by atoms with E-state index in [0.29, 0.717) is 5.41 Å². The Hall–Kier alpha value is 0.480. The third-order valence-electron chi connectivity index (χ3n) is 8.02. The standard InChI is InChI=1S/C32H65Br/c1-4-7-10-22-27-32(28-23-11-8-5-2,29-24-12-9-6-3)30-25-20-18-16-14-13-15-17-19-21-26-31-33/h4-31H2,1-3H3. The lowest BCUT2D eigenvalue weighted by Gasteiger charge is -2.35. The molecule has 0 aromatic heterocycles. The van der Waals surface area contributed by atoms with Crippen LogP contribution in [0.1, 0.15) is 194 Å². The molecule has 0 bridgehead atoms. The van der Waals surface area contributed by atoms with Gasteiger partial charge in [-0.25, -0.2) is 0 Å². The minimum Gasteiger partial charge on any atom is -0.0928 e. The van der Waals surface area contributed by atoms with Crippen LogP contribution < -0.4 is 0 Å². The van der Waals surface area contributed by atoms with Gasteiger partial charge in [0.05, 0.1) is 0 Å². The summed E-state index contributed by atoms with van der Waals surface area (Å²) in [5.41, 5.74) is 0.685. The summed E-state index contributed by atoms with van der Waals surface area (Å²) >= 11 is 3.54. The first-order valence-electron chi connectivity index (χ1n) is 15.8. The molecule has 0 unspecified atom stereocenters. The average molecular weight is 530 g/mol. The number of halogens is 1. The third-order valence-corrected chi connectivity index (χ3v) is 8.58. The molecule has 0 N–H and O–H groups in total. The van der Waals surface area contributed by atoms with Gasteiger partial charge in [-0.15, -0.1) is 0 Å². The third kappa shape index (κ3) is 22.7. The van der Waals surface area contributed by atoms with Gasteiger partial charge in [-0.1, -0.05) is 178 Å². The zero-order valence-electron chi connectivity index (χ0n) is 23.7. The van der Waals surface area contributed by atoms with Gasteiger partial charge < -0.3 is 0 Å². The molecule has 0 saturated heterocycles. The Labute approximate surface area is 220 Å². The zero-order chi connectivity index (χ0) is 24.3. The second kappa shape index (κ2) is 27.1. The van der Waals surface area contributed by atoms with E-state index in [2.05, 4.69) is 36.7 Å². The minimum absolute atomic E-state index is 0.685. The molecule has 0 nitrogen and oxygen atoms in total. The van der Waals surface area contributed by atoms with Gasteiger partial charge in [0.1, 0.15) is 0 Å². The fourth-order valence-electron chi connectivity index (χ4n) is 5.72. The molecular formula is C32H65Br. The van der Waals surface area contributed by atoms with Gasteiger partial charge in [0.2, 0.25) is 0 Å². The monoisotopic (exact) mass is 528 g/mol. The van der Waals surface area contributed by atoms with Gasteiger partial charge in [-0.05, 0) is 37.5 Å². The van der Waals surface area contributed by atoms with Crippen molar-refractivity contribution in [2.24, 2.45) is 5.41 Å². The van der Waals surface area contributed by atoms with E-state index in [1.165, 1.54) is 179 Å². The summed E-state index contributed by atoms with van der Waals surface area (Å²) in [7, 11) is 0. The van der Waals surface area contributed by atoms with Crippen molar-refractivity contribution in [3.8, 4) is 0 Å². The minimum atomic E-state index is 0.685. The van der Waals surface area contributed by atoms with E-state index in [1.807, 2.05) is 0 Å². The maximum atomic E-state index is 3.54. The summed E-state index contributed by atoms with van der Waals surface area (Å²) < 4.78 is 0. The number of rotatable bonds is 28. The summed E-state index contributed by atoms with van der Waals surface area (Å²) in [5, 5.41) is 1.19. The van der Waals surface area contributed by atoms with Crippen molar-refractivity contribution in [3.05, 3.63) is 0 Å². The highest BCUT2D eigenvalue weighted by Gasteiger charge is 2.28. The van der Waals surface area contributed by atoms with Crippen molar-refractivity contribution in [3.63, 3.8) is 0 Å². The highest BCUT2D eigenvalue weighted by molar-refractivity contribution is 9.09. The molecule has 0 rings (SSSR count). The highest BCUT2D eigenvalue weighted by atomic mass is 79.9. The second-order valence-electron chi connectivity index (χ2n) is 11.3. The van der Waals surface area contributed by atoms with Gasteiger partial charge in [0, 0.05) is 5.33 Å². The van der Waals surface area contributed by atoms with Crippen molar-refractivity contribution >= 4 is 15.9 Å². The predicted octanol–water partition coefficient (Wildman–Crippen LogP) is 13.0. The molecule has 200 valence electrons. The molecule has 0 aromatic carbocycles. The van der Waals surface area contributed by atoms with E-state index in [1.54, 1.807) is 0 Å². The number of alkyl halides is 1. The SMILES string of the molecule is CCCCCCC(CCCCCC)(CCCCCC)CCCCCCCCCCCCCBr. The number of hydrogen-bond donors (Lipinski definition) is 0. The Morgan fingerprint density at radius 1 is 0.333 bits per heavy atom. The molecule has 0 spiro atoms. The first-order chi connectivity index (χ1) is 16.2. The van der Waals surface area contributed by atoms with Crippen LogP contribution in [0.4, 0.5) is 0 Å². The Kier molecular flexibility index (Phi) is 27.5. The zero-order valence-corrected chi connectivity index (χ0v) is 25.3. The molecule has 0 fully saturated rings. The van der Waals surface area contributed by atoms with Crippen LogP contribution in [-0.4, -0.2) is 5.33 Å². The van der Waals surface area contributed by atoms with Crippen LogP contribution in [0, 0.1) is 5.41 Å². The lowest BCUT2D eigenvalue weighted by molar-refractivity contribution is 0.172. The second-order valence-corrected chi connectivity index (χ2v) is 12.1. The topological polar surface area (TPSA) is 0 Å². The fourth-order valence-corrected chi connectivity index (χ4v) is 6.11. The average Bonchev–Trinajstić information content (AvgIpc) is 2.83. The Morgan fingerprint density at radius 3 is 0.848 bits per heavy atom. The van der Waals surface area contributed by atoms with E-state index in [0.717, 1.165) is 0 Å². The molecule has 0 aliphatic carbocycles. The molecule has 0 aliphatic heterocycles. The molecule has 0 radical (unpaired) electrons. The summed E-state index contributed by atoms with van der Waals surface area (Å²) in [5.74, 6) is 0. The summed E-state index contributed by atoms with van der Waals surface area (Å²) in [6, 6.07) is 0. The van der Waals surface area contributed by atoms with E-state index in [4.69, 9.17) is 0 Å². The molecule has 0 amide bonds. The Bertz CT molecular complexity index is 319. The molecule has 0 aliphatic rings. The van der Waals surface area contributed by atoms with E-state index in [-0.39, 0.29) is 0 Å².